The van der Waals surface area contributed by atoms with E-state index in [-0.39, 0.29) is 49.4 Å². The molecule has 3 rings (SSSR count). The molecule has 10 nitrogen and oxygen atoms in total. The minimum atomic E-state index is -3.89. The van der Waals surface area contributed by atoms with Crippen molar-refractivity contribution in [3.63, 3.8) is 0 Å². The second-order valence-corrected chi connectivity index (χ2v) is 12.6. The highest BCUT2D eigenvalue weighted by molar-refractivity contribution is 7.89. The maximum Gasteiger partial charge on any atom is 0.246 e. The van der Waals surface area contributed by atoms with Crippen molar-refractivity contribution < 1.29 is 27.9 Å². The van der Waals surface area contributed by atoms with Crippen LogP contribution in [-0.4, -0.2) is 75.1 Å². The van der Waals surface area contributed by atoms with Crippen molar-refractivity contribution >= 4 is 38.3 Å². The lowest BCUT2D eigenvalue weighted by molar-refractivity contribution is -0.130. The molecule has 0 spiro atoms. The highest BCUT2D eigenvalue weighted by atomic mass is 32.2. The Morgan fingerprint density at radius 3 is 2.38 bits per heavy atom. The van der Waals surface area contributed by atoms with E-state index in [2.05, 4.69) is 10.6 Å². The summed E-state index contributed by atoms with van der Waals surface area (Å²) in [6, 6.07) is 18.1. The maximum atomic E-state index is 13.5. The summed E-state index contributed by atoms with van der Waals surface area (Å²) in [6.45, 7) is 3.74. The van der Waals surface area contributed by atoms with Crippen LogP contribution >= 0.6 is 0 Å². The van der Waals surface area contributed by atoms with Gasteiger partial charge in [0.2, 0.25) is 21.8 Å². The predicted octanol–water partition coefficient (Wildman–Crippen LogP) is 2.70. The van der Waals surface area contributed by atoms with E-state index in [0.717, 1.165) is 16.3 Å². The molecule has 0 aliphatic carbocycles. The van der Waals surface area contributed by atoms with Gasteiger partial charge in [-0.1, -0.05) is 56.3 Å². The number of nitrogens with zero attached hydrogens (tertiary/aromatic N) is 1. The van der Waals surface area contributed by atoms with E-state index in [4.69, 9.17) is 10.5 Å². The van der Waals surface area contributed by atoms with E-state index in [1.807, 2.05) is 56.3 Å². The number of carbonyl (C=O) groups is 2. The third kappa shape index (κ3) is 8.99. The van der Waals surface area contributed by atoms with Gasteiger partial charge >= 0.3 is 0 Å². The molecular formula is C31H42N4O6S. The number of aliphatic hydroxyl groups is 1. The highest BCUT2D eigenvalue weighted by Crippen LogP contribution is 2.23. The topological polar surface area (TPSA) is 151 Å². The number of nitrogens with two attached hydrogens (primary N) is 1. The molecule has 0 aromatic heterocycles. The summed E-state index contributed by atoms with van der Waals surface area (Å²) in [6.07, 6.45) is 1.02. The number of nitrogens with one attached hydrogen (secondary N) is 2. The van der Waals surface area contributed by atoms with Gasteiger partial charge in [0, 0.05) is 38.3 Å². The van der Waals surface area contributed by atoms with Crippen LogP contribution in [0, 0.1) is 5.92 Å². The van der Waals surface area contributed by atoms with Gasteiger partial charge in [0.25, 0.3) is 0 Å². The molecule has 0 heterocycles. The number of benzene rings is 3. The van der Waals surface area contributed by atoms with Gasteiger partial charge in [-0.25, -0.2) is 8.42 Å². The fourth-order valence-electron chi connectivity index (χ4n) is 4.84. The number of fused-ring (bicyclic) bond motifs is 1. The van der Waals surface area contributed by atoms with Gasteiger partial charge in [-0.15, -0.1) is 0 Å². The second-order valence-electron chi connectivity index (χ2n) is 10.7. The molecule has 3 aromatic carbocycles. The molecule has 0 radical (unpaired) electrons. The number of nitrogen functional groups attached to an aromatic ring is 1. The Kier molecular flexibility index (Phi) is 12.3. The third-order valence-corrected chi connectivity index (χ3v) is 8.83. The Bertz CT molecular complexity index is 1420. The number of rotatable bonds is 16. The first-order valence-electron chi connectivity index (χ1n) is 14.1. The van der Waals surface area contributed by atoms with Gasteiger partial charge in [0.05, 0.1) is 11.5 Å². The smallest absolute Gasteiger partial charge is 0.246 e. The van der Waals surface area contributed by atoms with Crippen molar-refractivity contribution in [3.05, 3.63) is 72.3 Å². The Hall–Kier alpha value is -3.51. The van der Waals surface area contributed by atoms with E-state index in [0.29, 0.717) is 18.5 Å². The van der Waals surface area contributed by atoms with Gasteiger partial charge in [0.1, 0.15) is 12.6 Å². The van der Waals surface area contributed by atoms with Crippen LogP contribution in [0.2, 0.25) is 0 Å². The van der Waals surface area contributed by atoms with Crippen LogP contribution in [0.25, 0.3) is 10.8 Å². The molecule has 228 valence electrons. The van der Waals surface area contributed by atoms with Crippen molar-refractivity contribution in [2.45, 2.75) is 50.1 Å². The molecule has 11 heteroatoms. The highest BCUT2D eigenvalue weighted by Gasteiger charge is 2.31. The van der Waals surface area contributed by atoms with Crippen LogP contribution in [0.15, 0.2) is 71.6 Å². The number of amides is 2. The predicted molar refractivity (Wildman–Crippen MR) is 164 cm³/mol. The van der Waals surface area contributed by atoms with E-state index in [9.17, 15) is 23.1 Å². The summed E-state index contributed by atoms with van der Waals surface area (Å²) in [4.78, 5) is 25.7. The number of aliphatic hydroxyl groups excluding tert-OH is 1. The first kappa shape index (κ1) is 33.0. The molecule has 5 N–H and O–H groups in total. The molecule has 0 aliphatic rings. The summed E-state index contributed by atoms with van der Waals surface area (Å²) in [5.41, 5.74) is 7.11. The molecular weight excluding hydrogens is 556 g/mol. The van der Waals surface area contributed by atoms with Gasteiger partial charge < -0.3 is 26.2 Å². The fraction of sp³-hybridized carbons (Fsp3) is 0.419. The van der Waals surface area contributed by atoms with Crippen molar-refractivity contribution in [1.29, 1.82) is 0 Å². The molecule has 0 bridgehead atoms. The van der Waals surface area contributed by atoms with E-state index in [1.54, 1.807) is 0 Å². The minimum absolute atomic E-state index is 0.0212. The van der Waals surface area contributed by atoms with Crippen LogP contribution in [-0.2, 0) is 30.8 Å². The molecule has 2 atom stereocenters. The zero-order valence-electron chi connectivity index (χ0n) is 24.5. The lowest BCUT2D eigenvalue weighted by Gasteiger charge is -2.31. The Balaban J connectivity index is 1.69. The van der Waals surface area contributed by atoms with E-state index < -0.39 is 28.0 Å². The average Bonchev–Trinajstić information content (AvgIpc) is 2.96. The lowest BCUT2D eigenvalue weighted by Crippen LogP contribution is -2.49. The van der Waals surface area contributed by atoms with Crippen LogP contribution in [0.1, 0.15) is 32.3 Å². The second kappa shape index (κ2) is 15.6. The molecule has 42 heavy (non-hydrogen) atoms. The Morgan fingerprint density at radius 1 is 1.02 bits per heavy atom. The van der Waals surface area contributed by atoms with Gasteiger partial charge in [-0.2, -0.15) is 4.31 Å². The summed E-state index contributed by atoms with van der Waals surface area (Å²) in [5.74, 6) is -0.746. The zero-order valence-corrected chi connectivity index (χ0v) is 25.3. The van der Waals surface area contributed by atoms with Crippen LogP contribution in [0.3, 0.4) is 0 Å². The molecule has 0 aliphatic heterocycles. The van der Waals surface area contributed by atoms with Gasteiger partial charge in [0.15, 0.2) is 0 Å². The van der Waals surface area contributed by atoms with Crippen molar-refractivity contribution in [2.75, 3.05) is 39.1 Å². The fourth-order valence-corrected chi connectivity index (χ4v) is 6.65. The molecule has 3 aromatic rings. The van der Waals surface area contributed by atoms with E-state index >= 15 is 0 Å². The molecule has 0 fully saturated rings. The van der Waals surface area contributed by atoms with Crippen LogP contribution < -0.4 is 16.4 Å². The number of ether oxygens (including phenoxy) is 1. The number of hydrogen-bond acceptors (Lipinski definition) is 7. The maximum absolute atomic E-state index is 13.5. The quantitative estimate of drug-likeness (QED) is 0.146. The number of sulfonamides is 1. The lowest BCUT2D eigenvalue weighted by atomic mass is 9.98. The summed E-state index contributed by atoms with van der Waals surface area (Å²) >= 11 is 0. The summed E-state index contributed by atoms with van der Waals surface area (Å²) < 4.78 is 33.2. The minimum Gasteiger partial charge on any atom is -0.399 e. The Morgan fingerprint density at radius 2 is 1.71 bits per heavy atom. The molecule has 2 amide bonds. The summed E-state index contributed by atoms with van der Waals surface area (Å²) in [5, 5.41) is 17.9. The number of carbonyl (C=O) groups excluding carboxylic acids is 2. The largest absolute Gasteiger partial charge is 0.399 e. The normalized spacial score (nSPS) is 13.3. The number of anilines is 1. The number of hydrogen-bond donors (Lipinski definition) is 4. The van der Waals surface area contributed by atoms with Crippen molar-refractivity contribution in [3.8, 4) is 0 Å². The first-order chi connectivity index (χ1) is 20.1. The SMILES string of the molecule is COCC(=O)N[C@@H](Cc1cccc2ccccc12)C(=O)NCCCC(CO)N(CC(C)C)S(=O)(=O)c1ccc(N)cc1. The summed E-state index contributed by atoms with van der Waals surface area (Å²) in [7, 11) is -2.48. The van der Waals surface area contributed by atoms with Crippen molar-refractivity contribution in [2.24, 2.45) is 5.92 Å². The van der Waals surface area contributed by atoms with Crippen molar-refractivity contribution in [1.82, 2.24) is 14.9 Å². The first-order valence-corrected chi connectivity index (χ1v) is 15.5. The molecule has 1 unspecified atom stereocenters. The van der Waals surface area contributed by atoms with E-state index in [1.165, 1.54) is 35.7 Å². The monoisotopic (exact) mass is 598 g/mol. The van der Waals surface area contributed by atoms with Crippen LogP contribution in [0.4, 0.5) is 5.69 Å². The third-order valence-electron chi connectivity index (χ3n) is 6.89. The average molecular weight is 599 g/mol. The standard InChI is InChI=1S/C31H42N4O6S/c1-22(2)19-35(42(39,40)27-15-13-25(32)14-16-27)26(20-36)11-7-17-33-31(38)29(34-30(37)21-41-3)18-24-10-6-9-23-8-4-5-12-28(23)24/h4-6,8-10,12-16,22,26,29,36H,7,11,17-21,32H2,1-3H3,(H,33,38)(H,34,37)/t26?,29-/m0/s1. The van der Waals surface area contributed by atoms with Crippen LogP contribution in [0.5, 0.6) is 0 Å². The number of methoxy groups -OCH3 is 1. The van der Waals surface area contributed by atoms with Gasteiger partial charge in [-0.3, -0.25) is 9.59 Å². The molecule has 0 saturated heterocycles. The zero-order chi connectivity index (χ0) is 30.7. The Labute approximate surface area is 248 Å². The molecule has 0 saturated carbocycles. The van der Waals surface area contributed by atoms with Gasteiger partial charge in [-0.05, 0) is 59.4 Å².